The maximum Gasteiger partial charge on any atom is 0.237 e. The Morgan fingerprint density at radius 2 is 1.92 bits per heavy atom. The highest BCUT2D eigenvalue weighted by atomic mass is 16.3. The second-order valence-corrected chi connectivity index (χ2v) is 7.83. The van der Waals surface area contributed by atoms with E-state index in [-0.39, 0.29) is 18.1 Å². The second kappa shape index (κ2) is 9.73. The first-order valence-corrected chi connectivity index (χ1v) is 9.95. The molecule has 0 spiro atoms. The van der Waals surface area contributed by atoms with Crippen LogP contribution in [0.4, 0.5) is 0 Å². The minimum Gasteiger partial charge on any atom is -0.392 e. The normalized spacial score (nSPS) is 26.9. The topological polar surface area (TPSA) is 55.8 Å². The predicted molar refractivity (Wildman–Crippen MR) is 98.0 cm³/mol. The van der Waals surface area contributed by atoms with Crippen LogP contribution in [0.15, 0.2) is 0 Å². The van der Waals surface area contributed by atoms with Gasteiger partial charge in [-0.1, -0.05) is 26.2 Å². The van der Waals surface area contributed by atoms with E-state index in [9.17, 15) is 9.90 Å². The van der Waals surface area contributed by atoms with E-state index in [0.717, 1.165) is 39.1 Å². The standard InChI is InChI=1S/C19H37N3O2/c1-4-18-14-21(10-11-22(18)13-15(2)23)16(3)19(24)20-12-17-8-6-5-7-9-17/h15-18,23H,4-14H2,1-3H3,(H,20,24). The van der Waals surface area contributed by atoms with Gasteiger partial charge in [-0.25, -0.2) is 0 Å². The molecule has 0 radical (unpaired) electrons. The van der Waals surface area contributed by atoms with E-state index in [1.807, 2.05) is 13.8 Å². The Morgan fingerprint density at radius 3 is 2.54 bits per heavy atom. The number of nitrogens with one attached hydrogen (secondary N) is 1. The first-order valence-electron chi connectivity index (χ1n) is 9.95. The van der Waals surface area contributed by atoms with Gasteiger partial charge < -0.3 is 10.4 Å². The Balaban J connectivity index is 1.78. The molecule has 2 N–H and O–H groups in total. The van der Waals surface area contributed by atoms with Crippen LogP contribution in [0.3, 0.4) is 0 Å². The zero-order valence-corrected chi connectivity index (χ0v) is 15.8. The predicted octanol–water partition coefficient (Wildman–Crippen LogP) is 1.85. The fourth-order valence-electron chi connectivity index (χ4n) is 4.19. The first-order chi connectivity index (χ1) is 11.5. The lowest BCUT2D eigenvalue weighted by Gasteiger charge is -2.43. The third kappa shape index (κ3) is 5.71. The van der Waals surface area contributed by atoms with E-state index in [4.69, 9.17) is 0 Å². The molecule has 2 rings (SSSR count). The van der Waals surface area contributed by atoms with Crippen LogP contribution in [-0.4, -0.2) is 71.7 Å². The van der Waals surface area contributed by atoms with E-state index in [0.29, 0.717) is 12.0 Å². The summed E-state index contributed by atoms with van der Waals surface area (Å²) in [7, 11) is 0. The van der Waals surface area contributed by atoms with E-state index in [1.54, 1.807) is 0 Å². The van der Waals surface area contributed by atoms with Gasteiger partial charge in [0.1, 0.15) is 0 Å². The van der Waals surface area contributed by atoms with Crippen LogP contribution < -0.4 is 5.32 Å². The maximum atomic E-state index is 12.5. The second-order valence-electron chi connectivity index (χ2n) is 7.83. The van der Waals surface area contributed by atoms with Crippen LogP contribution in [0.1, 0.15) is 59.3 Å². The summed E-state index contributed by atoms with van der Waals surface area (Å²) in [6.07, 6.45) is 7.30. The molecule has 0 aromatic carbocycles. The SMILES string of the molecule is CCC1CN(C(C)C(=O)NCC2CCCCC2)CCN1CC(C)O. The summed E-state index contributed by atoms with van der Waals surface area (Å²) >= 11 is 0. The molecule has 1 heterocycles. The molecule has 1 aliphatic heterocycles. The summed E-state index contributed by atoms with van der Waals surface area (Å²) in [6, 6.07) is 0.373. The molecule has 140 valence electrons. The minimum atomic E-state index is -0.290. The van der Waals surface area contributed by atoms with Crippen molar-refractivity contribution in [1.29, 1.82) is 0 Å². The van der Waals surface area contributed by atoms with Gasteiger partial charge in [0.25, 0.3) is 0 Å². The number of β-amino-alcohol motifs (C(OH)–C–C–N with tert-alkyl or cyclic N) is 1. The molecule has 2 aliphatic rings. The molecule has 1 amide bonds. The first kappa shape index (κ1) is 19.7. The average molecular weight is 340 g/mol. The molecule has 5 nitrogen and oxygen atoms in total. The molecule has 1 aliphatic carbocycles. The fraction of sp³-hybridized carbons (Fsp3) is 0.947. The van der Waals surface area contributed by atoms with Crippen molar-refractivity contribution < 1.29 is 9.90 Å². The highest BCUT2D eigenvalue weighted by molar-refractivity contribution is 5.81. The van der Waals surface area contributed by atoms with E-state index in [2.05, 4.69) is 22.0 Å². The lowest BCUT2D eigenvalue weighted by Crippen LogP contribution is -2.59. The van der Waals surface area contributed by atoms with Gasteiger partial charge in [0.15, 0.2) is 0 Å². The quantitative estimate of drug-likeness (QED) is 0.743. The molecular formula is C19H37N3O2. The molecule has 1 saturated heterocycles. The highest BCUT2D eigenvalue weighted by Gasteiger charge is 2.31. The van der Waals surface area contributed by atoms with Crippen molar-refractivity contribution in [1.82, 2.24) is 15.1 Å². The van der Waals surface area contributed by atoms with Crippen LogP contribution >= 0.6 is 0 Å². The number of carbonyl (C=O) groups is 1. The Kier molecular flexibility index (Phi) is 7.98. The van der Waals surface area contributed by atoms with Crippen LogP contribution in [0.2, 0.25) is 0 Å². The van der Waals surface area contributed by atoms with E-state index in [1.165, 1.54) is 32.1 Å². The number of aliphatic hydroxyl groups is 1. The molecule has 3 atom stereocenters. The van der Waals surface area contributed by atoms with Crippen LogP contribution in [-0.2, 0) is 4.79 Å². The zero-order valence-electron chi connectivity index (χ0n) is 15.8. The molecular weight excluding hydrogens is 302 g/mol. The number of aliphatic hydroxyl groups excluding tert-OH is 1. The van der Waals surface area contributed by atoms with Gasteiger partial charge in [0, 0.05) is 38.8 Å². The van der Waals surface area contributed by atoms with Crippen molar-refractivity contribution >= 4 is 5.91 Å². The number of rotatable bonds is 7. The Labute approximate surface area is 147 Å². The van der Waals surface area contributed by atoms with Gasteiger partial charge >= 0.3 is 0 Å². The van der Waals surface area contributed by atoms with Crippen molar-refractivity contribution in [2.24, 2.45) is 5.92 Å². The summed E-state index contributed by atoms with van der Waals surface area (Å²) in [6.45, 7) is 10.4. The van der Waals surface area contributed by atoms with Crippen molar-refractivity contribution in [3.63, 3.8) is 0 Å². The highest BCUT2D eigenvalue weighted by Crippen LogP contribution is 2.23. The summed E-state index contributed by atoms with van der Waals surface area (Å²) < 4.78 is 0. The molecule has 0 bridgehead atoms. The Morgan fingerprint density at radius 1 is 1.21 bits per heavy atom. The average Bonchev–Trinajstić information content (AvgIpc) is 2.59. The number of hydrogen-bond acceptors (Lipinski definition) is 4. The molecule has 3 unspecified atom stereocenters. The third-order valence-corrected chi connectivity index (χ3v) is 5.82. The summed E-state index contributed by atoms with van der Waals surface area (Å²) in [4.78, 5) is 17.2. The van der Waals surface area contributed by atoms with E-state index < -0.39 is 0 Å². The van der Waals surface area contributed by atoms with Crippen molar-refractivity contribution in [3.05, 3.63) is 0 Å². The minimum absolute atomic E-state index is 0.0589. The number of piperazine rings is 1. The number of carbonyl (C=O) groups excluding carboxylic acids is 1. The van der Waals surface area contributed by atoms with Gasteiger partial charge in [-0.3, -0.25) is 14.6 Å². The van der Waals surface area contributed by atoms with Gasteiger partial charge in [0.2, 0.25) is 5.91 Å². The third-order valence-electron chi connectivity index (χ3n) is 5.82. The van der Waals surface area contributed by atoms with E-state index >= 15 is 0 Å². The van der Waals surface area contributed by atoms with Gasteiger partial charge in [-0.15, -0.1) is 0 Å². The molecule has 5 heteroatoms. The van der Waals surface area contributed by atoms with Gasteiger partial charge in [-0.2, -0.15) is 0 Å². The smallest absolute Gasteiger partial charge is 0.237 e. The van der Waals surface area contributed by atoms with Gasteiger partial charge in [0.05, 0.1) is 12.1 Å². The number of nitrogens with zero attached hydrogens (tertiary/aromatic N) is 2. The Hall–Kier alpha value is -0.650. The Bertz CT molecular complexity index is 383. The molecule has 24 heavy (non-hydrogen) atoms. The summed E-state index contributed by atoms with van der Waals surface area (Å²) in [5.41, 5.74) is 0. The monoisotopic (exact) mass is 339 g/mol. The number of hydrogen-bond donors (Lipinski definition) is 2. The zero-order chi connectivity index (χ0) is 17.5. The molecule has 1 saturated carbocycles. The molecule has 2 fully saturated rings. The molecule has 0 aromatic heterocycles. The lowest BCUT2D eigenvalue weighted by atomic mass is 9.89. The fourth-order valence-corrected chi connectivity index (χ4v) is 4.19. The largest absolute Gasteiger partial charge is 0.392 e. The summed E-state index contributed by atoms with van der Waals surface area (Å²) in [5, 5.41) is 12.8. The molecule has 0 aromatic rings. The van der Waals surface area contributed by atoms with Crippen LogP contribution in [0, 0.1) is 5.92 Å². The lowest BCUT2D eigenvalue weighted by molar-refractivity contribution is -0.127. The number of amides is 1. The van der Waals surface area contributed by atoms with Crippen molar-refractivity contribution in [2.45, 2.75) is 77.5 Å². The van der Waals surface area contributed by atoms with Crippen LogP contribution in [0.5, 0.6) is 0 Å². The van der Waals surface area contributed by atoms with Crippen molar-refractivity contribution in [3.8, 4) is 0 Å². The van der Waals surface area contributed by atoms with Crippen LogP contribution in [0.25, 0.3) is 0 Å². The van der Waals surface area contributed by atoms with Gasteiger partial charge in [-0.05, 0) is 39.0 Å². The van der Waals surface area contributed by atoms with Crippen molar-refractivity contribution in [2.75, 3.05) is 32.7 Å². The maximum absolute atomic E-state index is 12.5. The summed E-state index contributed by atoms with van der Waals surface area (Å²) in [5.74, 6) is 0.862.